The first-order valence-corrected chi connectivity index (χ1v) is 7.66. The number of hydrogen-bond donors (Lipinski definition) is 1. The molecule has 0 spiro atoms. The van der Waals surface area contributed by atoms with Crippen LogP contribution in [0.4, 0.5) is 0 Å². The van der Waals surface area contributed by atoms with Crippen molar-refractivity contribution in [3.05, 3.63) is 59.2 Å². The van der Waals surface area contributed by atoms with Gasteiger partial charge in [-0.05, 0) is 37.5 Å². The van der Waals surface area contributed by atoms with E-state index in [0.29, 0.717) is 0 Å². The Hall–Kier alpha value is -1.64. The van der Waals surface area contributed by atoms with E-state index in [2.05, 4.69) is 68.6 Å². The third-order valence-corrected chi connectivity index (χ3v) is 4.00. The van der Waals surface area contributed by atoms with Crippen LogP contribution in [0.2, 0.25) is 0 Å². The molecule has 1 aliphatic rings. The van der Waals surface area contributed by atoms with Crippen LogP contribution in [0.5, 0.6) is 0 Å². The van der Waals surface area contributed by atoms with E-state index in [1.807, 2.05) is 0 Å². The summed E-state index contributed by atoms with van der Waals surface area (Å²) >= 11 is 0. The van der Waals surface area contributed by atoms with Gasteiger partial charge in [-0.15, -0.1) is 0 Å². The van der Waals surface area contributed by atoms with Gasteiger partial charge < -0.3 is 10.1 Å². The van der Waals surface area contributed by atoms with Gasteiger partial charge in [-0.25, -0.2) is 0 Å². The van der Waals surface area contributed by atoms with Crippen LogP contribution in [0.15, 0.2) is 42.5 Å². The van der Waals surface area contributed by atoms with Gasteiger partial charge in [0.2, 0.25) is 0 Å². The molecule has 0 radical (unpaired) electrons. The second-order valence-corrected chi connectivity index (χ2v) is 6.09. The predicted molar refractivity (Wildman–Crippen MR) is 87.5 cm³/mol. The molecule has 1 N–H and O–H groups in total. The minimum absolute atomic E-state index is 0.169. The highest BCUT2D eigenvalue weighted by atomic mass is 16.5. The molecule has 110 valence electrons. The molecular weight excluding hydrogens is 258 g/mol. The molecule has 0 bridgehead atoms. The van der Waals surface area contributed by atoms with Gasteiger partial charge in [-0.1, -0.05) is 53.6 Å². The molecule has 1 aliphatic heterocycles. The zero-order chi connectivity index (χ0) is 14.8. The van der Waals surface area contributed by atoms with Gasteiger partial charge in [0.1, 0.15) is 0 Å². The van der Waals surface area contributed by atoms with E-state index in [-0.39, 0.29) is 12.2 Å². The van der Waals surface area contributed by atoms with Crippen molar-refractivity contribution in [1.82, 2.24) is 5.32 Å². The fourth-order valence-electron chi connectivity index (χ4n) is 3.02. The Bertz CT molecular complexity index is 598. The molecule has 0 amide bonds. The zero-order valence-electron chi connectivity index (χ0n) is 13.0. The molecule has 2 unspecified atom stereocenters. The van der Waals surface area contributed by atoms with E-state index in [4.69, 9.17) is 4.74 Å². The van der Waals surface area contributed by atoms with Crippen LogP contribution in [0.3, 0.4) is 0 Å². The van der Waals surface area contributed by atoms with E-state index in [9.17, 15) is 0 Å². The summed E-state index contributed by atoms with van der Waals surface area (Å²) in [6.07, 6.45) is 0.449. The number of benzene rings is 2. The van der Waals surface area contributed by atoms with Crippen molar-refractivity contribution in [2.45, 2.75) is 33.0 Å². The molecule has 2 heteroatoms. The first kappa shape index (κ1) is 14.3. The van der Waals surface area contributed by atoms with E-state index in [0.717, 1.165) is 13.1 Å². The summed E-state index contributed by atoms with van der Waals surface area (Å²) in [5.41, 5.74) is 6.42. The monoisotopic (exact) mass is 281 g/mol. The summed E-state index contributed by atoms with van der Waals surface area (Å²) in [6.45, 7) is 8.25. The molecule has 0 saturated carbocycles. The Kier molecular flexibility index (Phi) is 4.09. The lowest BCUT2D eigenvalue weighted by atomic mass is 9.98. The van der Waals surface area contributed by atoms with Crippen LogP contribution in [0, 0.1) is 13.8 Å². The second kappa shape index (κ2) is 6.00. The van der Waals surface area contributed by atoms with E-state index in [1.165, 1.54) is 27.8 Å². The van der Waals surface area contributed by atoms with Crippen LogP contribution < -0.4 is 5.32 Å². The molecule has 1 heterocycles. The minimum Gasteiger partial charge on any atom is -0.368 e. The number of aryl methyl sites for hydroxylation is 2. The van der Waals surface area contributed by atoms with E-state index < -0.39 is 0 Å². The Morgan fingerprint density at radius 1 is 0.905 bits per heavy atom. The van der Waals surface area contributed by atoms with Gasteiger partial charge in [0, 0.05) is 13.1 Å². The van der Waals surface area contributed by atoms with Crippen LogP contribution in [0.1, 0.15) is 29.7 Å². The average molecular weight is 281 g/mol. The first-order chi connectivity index (χ1) is 10.1. The molecule has 0 aromatic heterocycles. The summed E-state index contributed by atoms with van der Waals surface area (Å²) < 4.78 is 5.99. The normalized spacial score (nSPS) is 22.2. The zero-order valence-corrected chi connectivity index (χ0v) is 13.0. The molecule has 0 aliphatic carbocycles. The molecule has 1 saturated heterocycles. The summed E-state index contributed by atoms with van der Waals surface area (Å²) in [5, 5.41) is 3.42. The topological polar surface area (TPSA) is 21.3 Å². The van der Waals surface area contributed by atoms with Crippen LogP contribution in [0.25, 0.3) is 11.1 Å². The number of rotatable bonds is 2. The highest BCUT2D eigenvalue weighted by Gasteiger charge is 2.20. The average Bonchev–Trinajstić information content (AvgIpc) is 2.46. The number of morpholine rings is 1. The lowest BCUT2D eigenvalue weighted by molar-refractivity contribution is -0.0287. The highest BCUT2D eigenvalue weighted by molar-refractivity contribution is 5.65. The third-order valence-electron chi connectivity index (χ3n) is 4.00. The Labute approximate surface area is 127 Å². The fraction of sp³-hybridized carbons (Fsp3) is 0.368. The molecule has 1 fully saturated rings. The number of ether oxygens (including phenoxy) is 1. The number of hydrogen-bond acceptors (Lipinski definition) is 2. The van der Waals surface area contributed by atoms with Crippen molar-refractivity contribution in [2.75, 3.05) is 13.1 Å². The van der Waals surface area contributed by atoms with Crippen molar-refractivity contribution >= 4 is 0 Å². The predicted octanol–water partition coefficient (Wildman–Crippen LogP) is 4.02. The largest absolute Gasteiger partial charge is 0.368 e. The molecule has 3 rings (SSSR count). The summed E-state index contributed by atoms with van der Waals surface area (Å²) in [4.78, 5) is 0. The van der Waals surface area contributed by atoms with Gasteiger partial charge in [-0.3, -0.25) is 0 Å². The molecule has 2 aromatic rings. The standard InChI is InChI=1S/C19H23NO/c1-13-8-14(2)10-18(9-13)16-4-6-17(7-5-16)19-12-20-11-15(3)21-19/h4-10,15,19-20H,11-12H2,1-3H3. The van der Waals surface area contributed by atoms with Crippen LogP contribution >= 0.6 is 0 Å². The molecule has 21 heavy (non-hydrogen) atoms. The van der Waals surface area contributed by atoms with Gasteiger partial charge in [0.25, 0.3) is 0 Å². The minimum atomic E-state index is 0.169. The summed E-state index contributed by atoms with van der Waals surface area (Å²) in [6, 6.07) is 15.5. The Balaban J connectivity index is 1.83. The molecule has 2 nitrogen and oxygen atoms in total. The van der Waals surface area contributed by atoms with Crippen molar-refractivity contribution in [3.8, 4) is 11.1 Å². The van der Waals surface area contributed by atoms with Gasteiger partial charge in [0.05, 0.1) is 12.2 Å². The lowest BCUT2D eigenvalue weighted by Crippen LogP contribution is -2.38. The lowest BCUT2D eigenvalue weighted by Gasteiger charge is -2.29. The van der Waals surface area contributed by atoms with Crippen molar-refractivity contribution in [2.24, 2.45) is 0 Å². The van der Waals surface area contributed by atoms with Gasteiger partial charge in [-0.2, -0.15) is 0 Å². The molecule has 2 atom stereocenters. The Morgan fingerprint density at radius 3 is 2.19 bits per heavy atom. The van der Waals surface area contributed by atoms with Gasteiger partial charge >= 0.3 is 0 Å². The maximum Gasteiger partial charge on any atom is 0.0953 e. The number of nitrogens with one attached hydrogen (secondary N) is 1. The fourth-order valence-corrected chi connectivity index (χ4v) is 3.02. The molecule has 2 aromatic carbocycles. The SMILES string of the molecule is Cc1cc(C)cc(-c2ccc(C3CNCC(C)O3)cc2)c1. The Morgan fingerprint density at radius 2 is 1.57 bits per heavy atom. The smallest absolute Gasteiger partial charge is 0.0953 e. The first-order valence-electron chi connectivity index (χ1n) is 7.66. The van der Waals surface area contributed by atoms with Crippen LogP contribution in [-0.4, -0.2) is 19.2 Å². The van der Waals surface area contributed by atoms with Gasteiger partial charge in [0.15, 0.2) is 0 Å². The second-order valence-electron chi connectivity index (χ2n) is 6.09. The summed E-state index contributed by atoms with van der Waals surface area (Å²) in [7, 11) is 0. The van der Waals surface area contributed by atoms with E-state index >= 15 is 0 Å². The maximum atomic E-state index is 5.99. The third kappa shape index (κ3) is 3.34. The van der Waals surface area contributed by atoms with Crippen molar-refractivity contribution < 1.29 is 4.74 Å². The quantitative estimate of drug-likeness (QED) is 0.897. The van der Waals surface area contributed by atoms with Crippen molar-refractivity contribution in [3.63, 3.8) is 0 Å². The van der Waals surface area contributed by atoms with E-state index in [1.54, 1.807) is 0 Å². The molecular formula is C19H23NO. The van der Waals surface area contributed by atoms with Crippen LogP contribution in [-0.2, 0) is 4.74 Å². The highest BCUT2D eigenvalue weighted by Crippen LogP contribution is 2.26. The maximum absolute atomic E-state index is 5.99. The van der Waals surface area contributed by atoms with Crippen molar-refractivity contribution in [1.29, 1.82) is 0 Å². The summed E-state index contributed by atoms with van der Waals surface area (Å²) in [5.74, 6) is 0.